The van der Waals surface area contributed by atoms with Crippen molar-refractivity contribution in [2.24, 2.45) is 10.9 Å². The molecule has 5 nitrogen and oxygen atoms in total. The molecule has 0 aliphatic carbocycles. The third-order valence-electron chi connectivity index (χ3n) is 3.86. The maximum atomic E-state index is 4.78. The zero-order chi connectivity index (χ0) is 15.1. The van der Waals surface area contributed by atoms with Crippen molar-refractivity contribution in [2.75, 3.05) is 26.2 Å². The van der Waals surface area contributed by atoms with Gasteiger partial charge >= 0.3 is 0 Å². The van der Waals surface area contributed by atoms with E-state index in [1.165, 1.54) is 18.4 Å². The molecule has 1 aromatic heterocycles. The van der Waals surface area contributed by atoms with Crippen molar-refractivity contribution >= 4 is 5.96 Å². The fraction of sp³-hybridized carbons (Fsp3) is 0.750. The summed E-state index contributed by atoms with van der Waals surface area (Å²) in [5, 5.41) is 7.74. The topological polar surface area (TPSA) is 45.5 Å². The lowest BCUT2D eigenvalue weighted by Crippen LogP contribution is -2.46. The number of aryl methyl sites for hydroxylation is 2. The number of aliphatic imine (C=N–C) groups is 1. The number of aromatic nitrogens is 2. The van der Waals surface area contributed by atoms with Gasteiger partial charge in [0.1, 0.15) is 0 Å². The molecule has 1 aliphatic rings. The lowest BCUT2D eigenvalue weighted by Gasteiger charge is -2.33. The first kappa shape index (κ1) is 15.9. The molecule has 0 radical (unpaired) electrons. The van der Waals surface area contributed by atoms with Gasteiger partial charge in [-0.25, -0.2) is 0 Å². The smallest absolute Gasteiger partial charge is 0.193 e. The van der Waals surface area contributed by atoms with Gasteiger partial charge in [0, 0.05) is 38.9 Å². The van der Waals surface area contributed by atoms with Gasteiger partial charge in [-0.3, -0.25) is 9.67 Å². The molecule has 0 bridgehead atoms. The van der Waals surface area contributed by atoms with E-state index in [0.717, 1.165) is 51.0 Å². The molecule has 1 aliphatic heterocycles. The first-order chi connectivity index (χ1) is 10.2. The SMILES string of the molecule is CCNC(=NCCCn1cc(C)cn1)N1CCCC(C)C1. The molecule has 1 atom stereocenters. The van der Waals surface area contributed by atoms with E-state index in [-0.39, 0.29) is 0 Å². The maximum absolute atomic E-state index is 4.78. The second-order valence-corrected chi connectivity index (χ2v) is 6.06. The zero-order valence-electron chi connectivity index (χ0n) is 13.7. The fourth-order valence-electron chi connectivity index (χ4n) is 2.81. The lowest BCUT2D eigenvalue weighted by atomic mass is 10.0. The summed E-state index contributed by atoms with van der Waals surface area (Å²) < 4.78 is 2.00. The quantitative estimate of drug-likeness (QED) is 0.514. The Labute approximate surface area is 128 Å². The summed E-state index contributed by atoms with van der Waals surface area (Å²) in [6, 6.07) is 0. The summed E-state index contributed by atoms with van der Waals surface area (Å²) in [6.07, 6.45) is 7.63. The molecule has 0 saturated carbocycles. The van der Waals surface area contributed by atoms with Crippen LogP contribution in [0.15, 0.2) is 17.4 Å². The Hall–Kier alpha value is -1.52. The third-order valence-corrected chi connectivity index (χ3v) is 3.86. The van der Waals surface area contributed by atoms with Gasteiger partial charge in [-0.15, -0.1) is 0 Å². The van der Waals surface area contributed by atoms with Crippen molar-refractivity contribution in [1.82, 2.24) is 20.0 Å². The molecule has 2 rings (SSSR count). The number of guanidine groups is 1. The molecular formula is C16H29N5. The van der Waals surface area contributed by atoms with Gasteiger partial charge in [0.2, 0.25) is 0 Å². The van der Waals surface area contributed by atoms with Gasteiger partial charge in [0.05, 0.1) is 6.20 Å². The van der Waals surface area contributed by atoms with E-state index < -0.39 is 0 Å². The first-order valence-corrected chi connectivity index (χ1v) is 8.21. The highest BCUT2D eigenvalue weighted by atomic mass is 15.3. The predicted octanol–water partition coefficient (Wildman–Crippen LogP) is 2.28. The van der Waals surface area contributed by atoms with E-state index in [1.54, 1.807) is 0 Å². The monoisotopic (exact) mass is 291 g/mol. The largest absolute Gasteiger partial charge is 0.357 e. The number of piperidine rings is 1. The Morgan fingerprint density at radius 3 is 3.05 bits per heavy atom. The average Bonchev–Trinajstić information content (AvgIpc) is 2.88. The van der Waals surface area contributed by atoms with Gasteiger partial charge in [0.25, 0.3) is 0 Å². The van der Waals surface area contributed by atoms with Crippen molar-refractivity contribution in [1.29, 1.82) is 0 Å². The van der Waals surface area contributed by atoms with E-state index in [1.807, 2.05) is 10.9 Å². The number of nitrogens with one attached hydrogen (secondary N) is 1. The molecule has 21 heavy (non-hydrogen) atoms. The molecule has 5 heteroatoms. The van der Waals surface area contributed by atoms with Crippen LogP contribution in [-0.4, -0.2) is 46.8 Å². The average molecular weight is 291 g/mol. The van der Waals surface area contributed by atoms with Crippen LogP contribution >= 0.6 is 0 Å². The van der Waals surface area contributed by atoms with Gasteiger partial charge in [-0.05, 0) is 44.6 Å². The van der Waals surface area contributed by atoms with Gasteiger partial charge in [-0.2, -0.15) is 5.10 Å². The van der Waals surface area contributed by atoms with Crippen molar-refractivity contribution < 1.29 is 0 Å². The summed E-state index contributed by atoms with van der Waals surface area (Å²) >= 11 is 0. The first-order valence-electron chi connectivity index (χ1n) is 8.21. The molecule has 1 saturated heterocycles. The van der Waals surface area contributed by atoms with Gasteiger partial charge in [0.15, 0.2) is 5.96 Å². The maximum Gasteiger partial charge on any atom is 0.193 e. The highest BCUT2D eigenvalue weighted by Gasteiger charge is 2.18. The molecule has 1 N–H and O–H groups in total. The van der Waals surface area contributed by atoms with Crippen LogP contribution in [0.1, 0.15) is 38.7 Å². The standard InChI is InChI=1S/C16H29N5/c1-4-17-16(20-9-5-7-14(2)12-20)18-8-6-10-21-13-15(3)11-19-21/h11,13-14H,4-10,12H2,1-3H3,(H,17,18). The second-order valence-electron chi connectivity index (χ2n) is 6.06. The second kappa shape index (κ2) is 8.05. The van der Waals surface area contributed by atoms with Crippen LogP contribution in [-0.2, 0) is 6.54 Å². The molecule has 2 heterocycles. The molecular weight excluding hydrogens is 262 g/mol. The van der Waals surface area contributed by atoms with Crippen molar-refractivity contribution in [2.45, 2.75) is 46.6 Å². The summed E-state index contributed by atoms with van der Waals surface area (Å²) in [5.74, 6) is 1.86. The van der Waals surface area contributed by atoms with E-state index in [9.17, 15) is 0 Å². The summed E-state index contributed by atoms with van der Waals surface area (Å²) in [5.41, 5.74) is 1.22. The Morgan fingerprint density at radius 2 is 2.38 bits per heavy atom. The van der Waals surface area contributed by atoms with Crippen LogP contribution in [0.25, 0.3) is 0 Å². The molecule has 0 amide bonds. The van der Waals surface area contributed by atoms with Crippen LogP contribution in [0.2, 0.25) is 0 Å². The number of hydrogen-bond donors (Lipinski definition) is 1. The lowest BCUT2D eigenvalue weighted by molar-refractivity contribution is 0.266. The predicted molar refractivity (Wildman–Crippen MR) is 87.5 cm³/mol. The molecule has 118 valence electrons. The van der Waals surface area contributed by atoms with Crippen LogP contribution in [0.5, 0.6) is 0 Å². The third kappa shape index (κ3) is 5.06. The van der Waals surface area contributed by atoms with E-state index in [0.29, 0.717) is 0 Å². The minimum absolute atomic E-state index is 0.773. The number of rotatable bonds is 5. The fourth-order valence-corrected chi connectivity index (χ4v) is 2.81. The highest BCUT2D eigenvalue weighted by Crippen LogP contribution is 2.15. The number of likely N-dealkylation sites (tertiary alicyclic amines) is 1. The van der Waals surface area contributed by atoms with Gasteiger partial charge in [-0.1, -0.05) is 6.92 Å². The zero-order valence-corrected chi connectivity index (χ0v) is 13.7. The van der Waals surface area contributed by atoms with Crippen molar-refractivity contribution in [3.63, 3.8) is 0 Å². The van der Waals surface area contributed by atoms with Gasteiger partial charge < -0.3 is 10.2 Å². The molecule has 1 aromatic rings. The normalized spacial score (nSPS) is 19.9. The van der Waals surface area contributed by atoms with E-state index >= 15 is 0 Å². The molecule has 0 spiro atoms. The summed E-state index contributed by atoms with van der Waals surface area (Å²) in [6.45, 7) is 11.5. The summed E-state index contributed by atoms with van der Waals surface area (Å²) in [7, 11) is 0. The number of nitrogens with zero attached hydrogens (tertiary/aromatic N) is 4. The van der Waals surface area contributed by atoms with E-state index in [4.69, 9.17) is 4.99 Å². The minimum atomic E-state index is 0.773. The Bertz CT molecular complexity index is 451. The molecule has 1 unspecified atom stereocenters. The van der Waals surface area contributed by atoms with Crippen molar-refractivity contribution in [3.8, 4) is 0 Å². The van der Waals surface area contributed by atoms with Crippen LogP contribution in [0.4, 0.5) is 0 Å². The Morgan fingerprint density at radius 1 is 1.52 bits per heavy atom. The van der Waals surface area contributed by atoms with Crippen LogP contribution in [0.3, 0.4) is 0 Å². The van der Waals surface area contributed by atoms with Crippen molar-refractivity contribution in [3.05, 3.63) is 18.0 Å². The number of hydrogen-bond acceptors (Lipinski definition) is 2. The van der Waals surface area contributed by atoms with Crippen LogP contribution in [0, 0.1) is 12.8 Å². The molecule has 0 aromatic carbocycles. The molecule has 1 fully saturated rings. The van der Waals surface area contributed by atoms with E-state index in [2.05, 4.69) is 42.3 Å². The van der Waals surface area contributed by atoms with Crippen LogP contribution < -0.4 is 5.32 Å². The Balaban J connectivity index is 1.82. The summed E-state index contributed by atoms with van der Waals surface area (Å²) in [4.78, 5) is 7.20. The Kier molecular flexibility index (Phi) is 6.08. The minimum Gasteiger partial charge on any atom is -0.357 e. The highest BCUT2D eigenvalue weighted by molar-refractivity contribution is 5.80.